The molecule has 1 aliphatic heterocycles. The Bertz CT molecular complexity index is 289. The quantitative estimate of drug-likeness (QED) is 0.531. The van der Waals surface area contributed by atoms with Crippen LogP contribution >= 0.6 is 11.8 Å². The Kier molecular flexibility index (Phi) is 5.87. The highest BCUT2D eigenvalue weighted by molar-refractivity contribution is 7.99. The number of rotatable bonds is 4. The van der Waals surface area contributed by atoms with E-state index in [1.807, 2.05) is 6.92 Å². The van der Waals surface area contributed by atoms with Gasteiger partial charge in [0, 0.05) is 6.92 Å². The molecule has 4 N–H and O–H groups in total. The van der Waals surface area contributed by atoms with Gasteiger partial charge in [0.2, 0.25) is 5.91 Å². The summed E-state index contributed by atoms with van der Waals surface area (Å²) in [5.74, 6) is -0.223. The molecule has 0 bridgehead atoms. The highest BCUT2D eigenvalue weighted by Gasteiger charge is 2.46. The Balaban J connectivity index is 2.82. The number of aliphatic hydroxyl groups excluding tert-OH is 3. The molecule has 1 saturated heterocycles. The van der Waals surface area contributed by atoms with Gasteiger partial charge in [0.15, 0.2) is 0 Å². The zero-order chi connectivity index (χ0) is 13.9. The fourth-order valence-electron chi connectivity index (χ4n) is 2.08. The van der Waals surface area contributed by atoms with E-state index in [0.29, 0.717) is 6.42 Å². The first-order valence-corrected chi connectivity index (χ1v) is 7.20. The average Bonchev–Trinajstić information content (AvgIpc) is 2.34. The summed E-state index contributed by atoms with van der Waals surface area (Å²) in [6.07, 6.45) is -2.06. The molecular weight excluding hydrogens is 258 g/mol. The first-order chi connectivity index (χ1) is 8.42. The summed E-state index contributed by atoms with van der Waals surface area (Å²) in [6.45, 7) is 3.23. The monoisotopic (exact) mass is 279 g/mol. The molecule has 106 valence electrons. The summed E-state index contributed by atoms with van der Waals surface area (Å²) >= 11 is 1.25. The summed E-state index contributed by atoms with van der Waals surface area (Å²) in [5, 5.41) is 32.1. The second kappa shape index (κ2) is 6.72. The van der Waals surface area contributed by atoms with Crippen molar-refractivity contribution in [2.75, 3.05) is 6.26 Å². The van der Waals surface area contributed by atoms with Crippen molar-refractivity contribution >= 4 is 17.7 Å². The van der Waals surface area contributed by atoms with Gasteiger partial charge in [-0.2, -0.15) is 0 Å². The molecule has 0 saturated carbocycles. The molecule has 0 aromatic carbocycles. The van der Waals surface area contributed by atoms with Gasteiger partial charge >= 0.3 is 0 Å². The summed E-state index contributed by atoms with van der Waals surface area (Å²) in [4.78, 5) is 11.1. The fourth-order valence-corrected chi connectivity index (χ4v) is 2.76. The van der Waals surface area contributed by atoms with Gasteiger partial charge in [-0.1, -0.05) is 6.92 Å². The van der Waals surface area contributed by atoms with Gasteiger partial charge in [-0.25, -0.2) is 0 Å². The number of thioether (sulfide) groups is 1. The van der Waals surface area contributed by atoms with Crippen molar-refractivity contribution in [1.29, 1.82) is 0 Å². The van der Waals surface area contributed by atoms with Crippen LogP contribution < -0.4 is 5.32 Å². The predicted molar refractivity (Wildman–Crippen MR) is 68.1 cm³/mol. The Morgan fingerprint density at radius 3 is 2.39 bits per heavy atom. The molecule has 0 aliphatic carbocycles. The largest absolute Gasteiger partial charge is 0.388 e. The molecule has 1 aliphatic rings. The fraction of sp³-hybridized carbons (Fsp3) is 0.909. The van der Waals surface area contributed by atoms with Gasteiger partial charge in [0.1, 0.15) is 29.9 Å². The number of ether oxygens (including phenoxy) is 1. The maximum atomic E-state index is 11.1. The summed E-state index contributed by atoms with van der Waals surface area (Å²) in [6, 6.07) is -0.394. The Labute approximate surface area is 111 Å². The lowest BCUT2D eigenvalue weighted by Gasteiger charge is -2.43. The second-order valence-corrected chi connectivity index (χ2v) is 5.33. The first kappa shape index (κ1) is 15.7. The molecule has 0 aromatic heterocycles. The van der Waals surface area contributed by atoms with Crippen molar-refractivity contribution in [3.63, 3.8) is 0 Å². The van der Waals surface area contributed by atoms with E-state index in [1.54, 1.807) is 6.26 Å². The number of carbonyl (C=O) groups is 1. The van der Waals surface area contributed by atoms with Crippen LogP contribution in [0.1, 0.15) is 20.3 Å². The van der Waals surface area contributed by atoms with Crippen LogP contribution in [0.25, 0.3) is 0 Å². The van der Waals surface area contributed by atoms with Crippen LogP contribution in [0.3, 0.4) is 0 Å². The minimum atomic E-state index is -1.27. The average molecular weight is 279 g/mol. The van der Waals surface area contributed by atoms with E-state index >= 15 is 0 Å². The van der Waals surface area contributed by atoms with Crippen LogP contribution in [0.4, 0.5) is 0 Å². The van der Waals surface area contributed by atoms with Crippen LogP contribution in [-0.4, -0.2) is 63.4 Å². The topological polar surface area (TPSA) is 99.0 Å². The first-order valence-electron chi connectivity index (χ1n) is 5.91. The van der Waals surface area contributed by atoms with Gasteiger partial charge in [-0.3, -0.25) is 4.79 Å². The lowest BCUT2D eigenvalue weighted by Crippen LogP contribution is -2.62. The van der Waals surface area contributed by atoms with Crippen LogP contribution in [0.15, 0.2) is 0 Å². The van der Waals surface area contributed by atoms with Crippen molar-refractivity contribution in [1.82, 2.24) is 5.32 Å². The third-order valence-electron chi connectivity index (χ3n) is 3.06. The minimum absolute atomic E-state index is 0.223. The van der Waals surface area contributed by atoms with Gasteiger partial charge in [0.25, 0.3) is 0 Å². The lowest BCUT2D eigenvalue weighted by molar-refractivity contribution is -0.205. The number of amides is 1. The molecule has 1 amide bonds. The predicted octanol–water partition coefficient (Wildman–Crippen LogP) is -0.928. The third kappa shape index (κ3) is 3.36. The van der Waals surface area contributed by atoms with Crippen LogP contribution in [0.5, 0.6) is 0 Å². The van der Waals surface area contributed by atoms with E-state index in [1.165, 1.54) is 18.7 Å². The molecule has 6 unspecified atom stereocenters. The van der Waals surface area contributed by atoms with Crippen molar-refractivity contribution in [3.8, 4) is 0 Å². The lowest BCUT2D eigenvalue weighted by atomic mass is 9.93. The van der Waals surface area contributed by atoms with Crippen molar-refractivity contribution in [3.05, 3.63) is 0 Å². The number of carbonyl (C=O) groups excluding carboxylic acids is 1. The summed E-state index contributed by atoms with van der Waals surface area (Å²) in [5.41, 5.74) is -0.615. The third-order valence-corrected chi connectivity index (χ3v) is 3.92. The van der Waals surface area contributed by atoms with Gasteiger partial charge < -0.3 is 25.4 Å². The number of aliphatic hydroxyl groups is 3. The van der Waals surface area contributed by atoms with Crippen LogP contribution in [0, 0.1) is 0 Å². The normalized spacial score (nSPS) is 38.2. The van der Waals surface area contributed by atoms with E-state index < -0.39 is 35.9 Å². The van der Waals surface area contributed by atoms with E-state index in [0.717, 1.165) is 0 Å². The summed E-state index contributed by atoms with van der Waals surface area (Å²) in [7, 11) is 0. The molecule has 1 fully saturated rings. The van der Waals surface area contributed by atoms with Crippen molar-refractivity contribution in [2.24, 2.45) is 0 Å². The Morgan fingerprint density at radius 2 is 1.94 bits per heavy atom. The van der Waals surface area contributed by atoms with E-state index in [2.05, 4.69) is 5.32 Å². The van der Waals surface area contributed by atoms with Crippen LogP contribution in [0.2, 0.25) is 0 Å². The SMILES string of the molecule is CCC(NC(C)=O)C1OC(SC)C(O)C(O)C1O. The van der Waals surface area contributed by atoms with Gasteiger partial charge in [-0.05, 0) is 12.7 Å². The van der Waals surface area contributed by atoms with E-state index in [9.17, 15) is 20.1 Å². The molecule has 0 spiro atoms. The second-order valence-electron chi connectivity index (χ2n) is 4.39. The number of hydrogen-bond acceptors (Lipinski definition) is 6. The molecule has 0 aromatic rings. The molecule has 1 rings (SSSR count). The molecule has 7 heteroatoms. The maximum Gasteiger partial charge on any atom is 0.217 e. The maximum absolute atomic E-state index is 11.1. The van der Waals surface area contributed by atoms with Crippen molar-refractivity contribution < 1.29 is 24.9 Å². The van der Waals surface area contributed by atoms with Crippen molar-refractivity contribution in [2.45, 2.75) is 56.2 Å². The zero-order valence-electron chi connectivity index (χ0n) is 10.7. The summed E-state index contributed by atoms with van der Waals surface area (Å²) < 4.78 is 5.57. The molecule has 6 nitrogen and oxygen atoms in total. The minimum Gasteiger partial charge on any atom is -0.388 e. The zero-order valence-corrected chi connectivity index (χ0v) is 11.6. The molecular formula is C11H21NO5S. The highest BCUT2D eigenvalue weighted by Crippen LogP contribution is 2.29. The molecule has 1 heterocycles. The highest BCUT2D eigenvalue weighted by atomic mass is 32.2. The van der Waals surface area contributed by atoms with E-state index in [-0.39, 0.29) is 5.91 Å². The molecule has 0 radical (unpaired) electrons. The van der Waals surface area contributed by atoms with E-state index in [4.69, 9.17) is 4.74 Å². The Morgan fingerprint density at radius 1 is 1.33 bits per heavy atom. The standard InChI is InChI=1S/C11H21NO5S/c1-4-6(12-5(2)13)10-8(15)7(14)9(16)11(17-10)18-3/h6-11,14-16H,4H2,1-3H3,(H,12,13). The Hall–Kier alpha value is -0.340. The van der Waals surface area contributed by atoms with Gasteiger partial charge in [-0.15, -0.1) is 11.8 Å². The smallest absolute Gasteiger partial charge is 0.217 e. The molecule has 6 atom stereocenters. The number of hydrogen-bond donors (Lipinski definition) is 4. The molecule has 18 heavy (non-hydrogen) atoms. The van der Waals surface area contributed by atoms with Crippen LogP contribution in [-0.2, 0) is 9.53 Å². The van der Waals surface area contributed by atoms with Gasteiger partial charge in [0.05, 0.1) is 6.04 Å². The number of nitrogens with one attached hydrogen (secondary N) is 1.